The van der Waals surface area contributed by atoms with Crippen molar-refractivity contribution in [1.82, 2.24) is 5.32 Å². The highest BCUT2D eigenvalue weighted by atomic mass is 32.1. The largest absolute Gasteiger partial charge is 0.352 e. The van der Waals surface area contributed by atoms with Gasteiger partial charge in [-0.1, -0.05) is 54.1 Å². The topological polar surface area (TPSA) is 24.1 Å². The number of rotatable bonds is 4. The first kappa shape index (κ1) is 19.0. The molecular formula is C22H20F2N2S. The summed E-state index contributed by atoms with van der Waals surface area (Å²) in [5.41, 5.74) is 4.87. The van der Waals surface area contributed by atoms with Crippen molar-refractivity contribution in [2.75, 3.05) is 5.32 Å². The van der Waals surface area contributed by atoms with Gasteiger partial charge in [0.25, 0.3) is 0 Å². The lowest BCUT2D eigenvalue weighted by Gasteiger charge is -2.24. The molecule has 27 heavy (non-hydrogen) atoms. The highest BCUT2D eigenvalue weighted by Crippen LogP contribution is 2.26. The number of anilines is 1. The molecule has 138 valence electrons. The Bertz CT molecular complexity index is 958. The molecule has 1 atom stereocenters. The molecule has 0 spiro atoms. The lowest BCUT2D eigenvalue weighted by atomic mass is 9.94. The zero-order chi connectivity index (χ0) is 19.4. The van der Waals surface area contributed by atoms with Gasteiger partial charge in [-0.2, -0.15) is 0 Å². The lowest BCUT2D eigenvalue weighted by Crippen LogP contribution is -2.33. The summed E-state index contributed by atoms with van der Waals surface area (Å²) < 4.78 is 26.5. The minimum absolute atomic E-state index is 0.169. The molecule has 0 aliphatic heterocycles. The van der Waals surface area contributed by atoms with E-state index in [-0.39, 0.29) is 6.04 Å². The molecule has 0 radical (unpaired) electrons. The van der Waals surface area contributed by atoms with Crippen LogP contribution in [0.2, 0.25) is 0 Å². The minimum Gasteiger partial charge on any atom is -0.352 e. The van der Waals surface area contributed by atoms with E-state index >= 15 is 0 Å². The van der Waals surface area contributed by atoms with Crippen LogP contribution in [0.15, 0.2) is 66.7 Å². The fraction of sp³-hybridized carbons (Fsp3) is 0.136. The summed E-state index contributed by atoms with van der Waals surface area (Å²) in [6, 6.07) is 19.6. The van der Waals surface area contributed by atoms with Crippen molar-refractivity contribution in [3.8, 4) is 0 Å². The molecule has 3 rings (SSSR count). The fourth-order valence-corrected chi connectivity index (χ4v) is 3.24. The Balaban J connectivity index is 1.87. The molecule has 0 aromatic heterocycles. The van der Waals surface area contributed by atoms with Crippen LogP contribution in [-0.4, -0.2) is 5.11 Å². The molecule has 0 amide bonds. The Morgan fingerprint density at radius 3 is 2.30 bits per heavy atom. The Hall–Kier alpha value is -2.79. The van der Waals surface area contributed by atoms with Crippen LogP contribution in [0.25, 0.3) is 0 Å². The third-order valence-electron chi connectivity index (χ3n) is 4.32. The van der Waals surface area contributed by atoms with Crippen LogP contribution in [0.1, 0.15) is 28.3 Å². The number of halogens is 2. The molecule has 0 unspecified atom stereocenters. The Morgan fingerprint density at radius 1 is 0.889 bits per heavy atom. The van der Waals surface area contributed by atoms with Gasteiger partial charge >= 0.3 is 0 Å². The molecule has 0 saturated heterocycles. The second kappa shape index (κ2) is 8.27. The smallest absolute Gasteiger partial charge is 0.171 e. The van der Waals surface area contributed by atoms with Crippen molar-refractivity contribution < 1.29 is 8.78 Å². The molecular weight excluding hydrogens is 362 g/mol. The lowest BCUT2D eigenvalue weighted by molar-refractivity contribution is 0.509. The molecule has 0 saturated carbocycles. The quantitative estimate of drug-likeness (QED) is 0.570. The molecule has 2 nitrogen and oxygen atoms in total. The average Bonchev–Trinajstić information content (AvgIpc) is 2.64. The van der Waals surface area contributed by atoms with Gasteiger partial charge in [-0.3, -0.25) is 0 Å². The number of thiocarbonyl (C=S) groups is 1. The molecule has 0 aliphatic rings. The molecule has 3 aromatic carbocycles. The normalized spacial score (nSPS) is 11.7. The number of nitrogens with one attached hydrogen (secondary N) is 2. The van der Waals surface area contributed by atoms with E-state index in [0.29, 0.717) is 10.8 Å². The van der Waals surface area contributed by atoms with Gasteiger partial charge in [0.2, 0.25) is 0 Å². The van der Waals surface area contributed by atoms with Crippen molar-refractivity contribution in [1.29, 1.82) is 0 Å². The maximum atomic E-state index is 13.4. The van der Waals surface area contributed by atoms with E-state index < -0.39 is 11.6 Å². The van der Waals surface area contributed by atoms with Crippen LogP contribution < -0.4 is 10.6 Å². The Morgan fingerprint density at radius 2 is 1.63 bits per heavy atom. The summed E-state index contributed by atoms with van der Waals surface area (Å²) in [4.78, 5) is 0. The van der Waals surface area contributed by atoms with E-state index in [0.717, 1.165) is 28.8 Å². The highest BCUT2D eigenvalue weighted by Gasteiger charge is 2.17. The number of aryl methyl sites for hydroxylation is 2. The number of benzene rings is 3. The third kappa shape index (κ3) is 4.68. The molecule has 3 aromatic rings. The summed E-state index contributed by atoms with van der Waals surface area (Å²) in [6.07, 6.45) is 0. The molecule has 2 N–H and O–H groups in total. The van der Waals surface area contributed by atoms with Gasteiger partial charge < -0.3 is 10.6 Å². The van der Waals surface area contributed by atoms with E-state index in [1.807, 2.05) is 30.3 Å². The van der Waals surface area contributed by atoms with E-state index in [1.54, 1.807) is 0 Å². The van der Waals surface area contributed by atoms with E-state index in [9.17, 15) is 8.78 Å². The van der Waals surface area contributed by atoms with E-state index in [1.165, 1.54) is 11.6 Å². The maximum Gasteiger partial charge on any atom is 0.171 e. The van der Waals surface area contributed by atoms with Gasteiger partial charge in [0.1, 0.15) is 0 Å². The SMILES string of the molecule is Cc1ccc([C@@H](NC(=S)Nc2ccc(F)c(F)c2)c2ccccc2)c(C)c1. The van der Waals surface area contributed by atoms with Crippen LogP contribution in [0.3, 0.4) is 0 Å². The molecule has 0 fully saturated rings. The van der Waals surface area contributed by atoms with Gasteiger partial charge in [-0.25, -0.2) is 8.78 Å². The summed E-state index contributed by atoms with van der Waals surface area (Å²) >= 11 is 5.42. The first-order chi connectivity index (χ1) is 12.9. The van der Waals surface area contributed by atoms with Crippen LogP contribution in [0.4, 0.5) is 14.5 Å². The third-order valence-corrected chi connectivity index (χ3v) is 4.54. The molecule has 0 bridgehead atoms. The summed E-state index contributed by atoms with van der Waals surface area (Å²) in [5.74, 6) is -1.81. The number of hydrogen-bond donors (Lipinski definition) is 2. The van der Waals surface area contributed by atoms with Gasteiger partial charge in [-0.05, 0) is 54.9 Å². The monoisotopic (exact) mass is 382 g/mol. The summed E-state index contributed by atoms with van der Waals surface area (Å²) in [7, 11) is 0. The zero-order valence-electron chi connectivity index (χ0n) is 15.1. The Labute approximate surface area is 163 Å². The maximum absolute atomic E-state index is 13.4. The predicted octanol–water partition coefficient (Wildman–Crippen LogP) is 5.66. The van der Waals surface area contributed by atoms with Crippen LogP contribution in [0, 0.1) is 25.5 Å². The van der Waals surface area contributed by atoms with Crippen LogP contribution >= 0.6 is 12.2 Å². The van der Waals surface area contributed by atoms with Crippen molar-refractivity contribution in [3.63, 3.8) is 0 Å². The first-order valence-electron chi connectivity index (χ1n) is 8.58. The minimum atomic E-state index is -0.920. The van der Waals surface area contributed by atoms with Crippen molar-refractivity contribution in [3.05, 3.63) is 101 Å². The van der Waals surface area contributed by atoms with Crippen LogP contribution in [-0.2, 0) is 0 Å². The molecule has 5 heteroatoms. The fourth-order valence-electron chi connectivity index (χ4n) is 3.01. The molecule has 0 aliphatic carbocycles. The average molecular weight is 382 g/mol. The van der Waals surface area contributed by atoms with Gasteiger partial charge in [0.05, 0.1) is 6.04 Å². The second-order valence-electron chi connectivity index (χ2n) is 6.43. The van der Waals surface area contributed by atoms with Crippen molar-refractivity contribution >= 4 is 23.0 Å². The van der Waals surface area contributed by atoms with E-state index in [2.05, 4.69) is 42.7 Å². The molecule has 0 heterocycles. The standard InChI is InChI=1S/C22H20F2N2S/c1-14-8-10-18(15(2)12-14)21(16-6-4-3-5-7-16)26-22(27)25-17-9-11-19(23)20(24)13-17/h3-13,21H,1-2H3,(H2,25,26,27)/t21-/m0/s1. The predicted molar refractivity (Wildman–Crippen MR) is 110 cm³/mol. The zero-order valence-corrected chi connectivity index (χ0v) is 15.9. The summed E-state index contributed by atoms with van der Waals surface area (Å²) in [6.45, 7) is 4.11. The van der Waals surface area contributed by atoms with Crippen LogP contribution in [0.5, 0.6) is 0 Å². The second-order valence-corrected chi connectivity index (χ2v) is 6.84. The first-order valence-corrected chi connectivity index (χ1v) is 8.99. The Kier molecular flexibility index (Phi) is 5.81. The van der Waals surface area contributed by atoms with Gasteiger partial charge in [0.15, 0.2) is 16.7 Å². The van der Waals surface area contributed by atoms with Crippen molar-refractivity contribution in [2.45, 2.75) is 19.9 Å². The van der Waals surface area contributed by atoms with Gasteiger partial charge in [-0.15, -0.1) is 0 Å². The van der Waals surface area contributed by atoms with E-state index in [4.69, 9.17) is 12.2 Å². The van der Waals surface area contributed by atoms with Crippen molar-refractivity contribution in [2.24, 2.45) is 0 Å². The van der Waals surface area contributed by atoms with Gasteiger partial charge in [0, 0.05) is 11.8 Å². The summed E-state index contributed by atoms with van der Waals surface area (Å²) in [5, 5.41) is 6.55. The highest BCUT2D eigenvalue weighted by molar-refractivity contribution is 7.80. The number of hydrogen-bond acceptors (Lipinski definition) is 1.